The molecule has 0 saturated carbocycles. The van der Waals surface area contributed by atoms with Crippen LogP contribution >= 0.6 is 11.6 Å². The number of hydrogen-bond acceptors (Lipinski definition) is 3. The zero-order valence-corrected chi connectivity index (χ0v) is 11.8. The highest BCUT2D eigenvalue weighted by molar-refractivity contribution is 6.30. The number of hydrogen-bond donors (Lipinski definition) is 2. The molecule has 0 fully saturated rings. The first-order chi connectivity index (χ1) is 9.86. The molecule has 0 aromatic heterocycles. The number of nitrogens with zero attached hydrogens (tertiary/aromatic N) is 1. The number of nitrogen functional groups attached to an aromatic ring is 1. The second-order valence-electron chi connectivity index (χ2n) is 4.27. The van der Waals surface area contributed by atoms with Gasteiger partial charge in [0, 0.05) is 24.2 Å². The zero-order chi connectivity index (χ0) is 15.6. The van der Waals surface area contributed by atoms with E-state index in [1.165, 1.54) is 31.3 Å². The molecule has 0 unspecified atom stereocenters. The summed E-state index contributed by atoms with van der Waals surface area (Å²) in [6, 6.07) is 8.27. The fourth-order valence-corrected chi connectivity index (χ4v) is 1.92. The molecule has 5 nitrogen and oxygen atoms in total. The van der Waals surface area contributed by atoms with E-state index in [4.69, 9.17) is 27.2 Å². The Kier molecular flexibility index (Phi) is 4.18. The molecule has 7 heteroatoms. The van der Waals surface area contributed by atoms with Gasteiger partial charge in [-0.3, -0.25) is 4.90 Å². The molecular weight excluding hydrogens is 299 g/mol. The fourth-order valence-electron chi connectivity index (χ4n) is 1.70. The molecule has 21 heavy (non-hydrogen) atoms. The third-order valence-corrected chi connectivity index (χ3v) is 2.94. The standard InChI is InChI=1S/C14H12ClFN2O3/c1-18(14(19)20)13-7-10(2-3-12(13)17)21-11-5-8(15)4-9(16)6-11/h2-7H,17H2,1H3,(H,19,20). The maximum absolute atomic E-state index is 13.2. The molecule has 1 amide bonds. The average Bonchev–Trinajstić information content (AvgIpc) is 2.39. The maximum Gasteiger partial charge on any atom is 0.411 e. The summed E-state index contributed by atoms with van der Waals surface area (Å²) < 4.78 is 18.7. The van der Waals surface area contributed by atoms with Crippen molar-refractivity contribution >= 4 is 29.1 Å². The first kappa shape index (κ1) is 14.9. The van der Waals surface area contributed by atoms with Crippen LogP contribution in [0.5, 0.6) is 11.5 Å². The fraction of sp³-hybridized carbons (Fsp3) is 0.0714. The van der Waals surface area contributed by atoms with Gasteiger partial charge < -0.3 is 15.6 Å². The molecule has 0 bridgehead atoms. The van der Waals surface area contributed by atoms with E-state index in [0.717, 1.165) is 11.0 Å². The number of rotatable bonds is 3. The lowest BCUT2D eigenvalue weighted by Crippen LogP contribution is -2.24. The molecule has 0 spiro atoms. The molecule has 0 saturated heterocycles. The van der Waals surface area contributed by atoms with Gasteiger partial charge in [0.25, 0.3) is 0 Å². The van der Waals surface area contributed by atoms with Gasteiger partial charge >= 0.3 is 6.09 Å². The normalized spacial score (nSPS) is 10.2. The summed E-state index contributed by atoms with van der Waals surface area (Å²) in [4.78, 5) is 11.9. The van der Waals surface area contributed by atoms with Crippen molar-refractivity contribution in [1.82, 2.24) is 0 Å². The van der Waals surface area contributed by atoms with Gasteiger partial charge in [0.2, 0.25) is 0 Å². The van der Waals surface area contributed by atoms with Crippen molar-refractivity contribution < 1.29 is 19.0 Å². The average molecular weight is 311 g/mol. The Morgan fingerprint density at radius 1 is 1.29 bits per heavy atom. The molecule has 2 rings (SSSR count). The molecule has 2 aromatic carbocycles. The van der Waals surface area contributed by atoms with Gasteiger partial charge in [-0.2, -0.15) is 0 Å². The van der Waals surface area contributed by atoms with E-state index in [0.29, 0.717) is 5.75 Å². The summed E-state index contributed by atoms with van der Waals surface area (Å²) in [6.45, 7) is 0. The number of carbonyl (C=O) groups is 1. The van der Waals surface area contributed by atoms with Gasteiger partial charge in [0.1, 0.15) is 17.3 Å². The van der Waals surface area contributed by atoms with Crippen LogP contribution in [0, 0.1) is 5.82 Å². The Bertz CT molecular complexity index is 674. The number of carboxylic acid groups (broad SMARTS) is 1. The quantitative estimate of drug-likeness (QED) is 0.841. The lowest BCUT2D eigenvalue weighted by atomic mass is 10.2. The SMILES string of the molecule is CN(C(=O)O)c1cc(Oc2cc(F)cc(Cl)c2)ccc1N. The molecule has 110 valence electrons. The van der Waals surface area contributed by atoms with Gasteiger partial charge in [0.15, 0.2) is 0 Å². The van der Waals surface area contributed by atoms with Crippen molar-refractivity contribution in [2.45, 2.75) is 0 Å². The second kappa shape index (κ2) is 5.88. The van der Waals surface area contributed by atoms with Crippen molar-refractivity contribution in [3.63, 3.8) is 0 Å². The van der Waals surface area contributed by atoms with Crippen molar-refractivity contribution in [3.05, 3.63) is 47.2 Å². The van der Waals surface area contributed by atoms with Gasteiger partial charge in [0.05, 0.1) is 11.4 Å². The number of ether oxygens (including phenoxy) is 1. The van der Waals surface area contributed by atoms with Crippen LogP contribution in [0.25, 0.3) is 0 Å². The van der Waals surface area contributed by atoms with Crippen molar-refractivity contribution in [2.24, 2.45) is 0 Å². The minimum Gasteiger partial charge on any atom is -0.465 e. The van der Waals surface area contributed by atoms with Crippen LogP contribution in [0.1, 0.15) is 0 Å². The highest BCUT2D eigenvalue weighted by atomic mass is 35.5. The lowest BCUT2D eigenvalue weighted by Gasteiger charge is -2.17. The molecule has 0 heterocycles. The minimum absolute atomic E-state index is 0.198. The second-order valence-corrected chi connectivity index (χ2v) is 4.71. The Hall–Kier alpha value is -2.47. The first-order valence-corrected chi connectivity index (χ1v) is 6.25. The van der Waals surface area contributed by atoms with Crippen LogP contribution in [0.15, 0.2) is 36.4 Å². The molecule has 0 atom stereocenters. The molecule has 0 aliphatic heterocycles. The van der Waals surface area contributed by atoms with Crippen LogP contribution in [0.3, 0.4) is 0 Å². The van der Waals surface area contributed by atoms with Crippen LogP contribution in [-0.2, 0) is 0 Å². The summed E-state index contributed by atoms with van der Waals surface area (Å²) >= 11 is 5.74. The Labute approximate surface area is 125 Å². The predicted octanol–water partition coefficient (Wildman–Crippen LogP) is 3.97. The smallest absolute Gasteiger partial charge is 0.411 e. The van der Waals surface area contributed by atoms with Crippen LogP contribution in [0.2, 0.25) is 5.02 Å². The van der Waals surface area contributed by atoms with E-state index in [1.54, 1.807) is 6.07 Å². The molecule has 0 aliphatic rings. The molecule has 3 N–H and O–H groups in total. The summed E-state index contributed by atoms with van der Waals surface area (Å²) in [7, 11) is 1.36. The summed E-state index contributed by atoms with van der Waals surface area (Å²) in [5.74, 6) is -0.0153. The van der Waals surface area contributed by atoms with Gasteiger partial charge in [-0.25, -0.2) is 9.18 Å². The van der Waals surface area contributed by atoms with Gasteiger partial charge in [-0.15, -0.1) is 0 Å². The maximum atomic E-state index is 13.2. The molecular formula is C14H12ClFN2O3. The first-order valence-electron chi connectivity index (χ1n) is 5.87. The van der Waals surface area contributed by atoms with Crippen molar-refractivity contribution in [3.8, 4) is 11.5 Å². The van der Waals surface area contributed by atoms with Crippen molar-refractivity contribution in [2.75, 3.05) is 17.7 Å². The van der Waals surface area contributed by atoms with Crippen LogP contribution < -0.4 is 15.4 Å². The zero-order valence-electron chi connectivity index (χ0n) is 11.0. The van der Waals surface area contributed by atoms with Crippen LogP contribution in [0.4, 0.5) is 20.6 Å². The third kappa shape index (κ3) is 3.55. The summed E-state index contributed by atoms with van der Waals surface area (Å²) in [6.07, 6.45) is -1.16. The third-order valence-electron chi connectivity index (χ3n) is 2.72. The number of benzene rings is 2. The van der Waals surface area contributed by atoms with E-state index in [2.05, 4.69) is 0 Å². The largest absolute Gasteiger partial charge is 0.465 e. The number of anilines is 2. The minimum atomic E-state index is -1.16. The van der Waals surface area contributed by atoms with E-state index < -0.39 is 11.9 Å². The van der Waals surface area contributed by atoms with E-state index in [9.17, 15) is 9.18 Å². The van der Waals surface area contributed by atoms with E-state index in [-0.39, 0.29) is 22.1 Å². The predicted molar refractivity (Wildman–Crippen MR) is 78.8 cm³/mol. The summed E-state index contributed by atoms with van der Waals surface area (Å²) in [5, 5.41) is 9.17. The van der Waals surface area contributed by atoms with Crippen molar-refractivity contribution in [1.29, 1.82) is 0 Å². The van der Waals surface area contributed by atoms with E-state index >= 15 is 0 Å². The molecule has 0 radical (unpaired) electrons. The van der Waals surface area contributed by atoms with Crippen LogP contribution in [-0.4, -0.2) is 18.2 Å². The molecule has 0 aliphatic carbocycles. The Morgan fingerprint density at radius 3 is 2.62 bits per heavy atom. The Morgan fingerprint density at radius 2 is 2.00 bits per heavy atom. The highest BCUT2D eigenvalue weighted by Gasteiger charge is 2.13. The Balaban J connectivity index is 2.33. The van der Waals surface area contributed by atoms with E-state index in [1.807, 2.05) is 0 Å². The topological polar surface area (TPSA) is 75.8 Å². The van der Waals surface area contributed by atoms with Gasteiger partial charge in [-0.05, 0) is 24.3 Å². The number of amides is 1. The monoisotopic (exact) mass is 310 g/mol. The highest BCUT2D eigenvalue weighted by Crippen LogP contribution is 2.31. The molecule has 2 aromatic rings. The lowest BCUT2D eigenvalue weighted by molar-refractivity contribution is 0.203. The number of halogens is 2. The van der Waals surface area contributed by atoms with Gasteiger partial charge in [-0.1, -0.05) is 11.6 Å². The number of nitrogens with two attached hydrogens (primary N) is 1. The summed E-state index contributed by atoms with van der Waals surface area (Å²) in [5.41, 5.74) is 6.28.